The molecule has 0 aromatic heterocycles. The summed E-state index contributed by atoms with van der Waals surface area (Å²) in [6.07, 6.45) is -0.0975. The number of hydrogen-bond acceptors (Lipinski definition) is 4. The van der Waals surface area contributed by atoms with Gasteiger partial charge in [0, 0.05) is 0 Å². The molecule has 0 saturated heterocycles. The molecule has 1 saturated carbocycles. The number of hydrogen-bond donors (Lipinski definition) is 0. The summed E-state index contributed by atoms with van der Waals surface area (Å²) in [7, 11) is 0. The second-order valence-electron chi connectivity index (χ2n) is 2.72. The summed E-state index contributed by atoms with van der Waals surface area (Å²) in [6.45, 7) is 1.64. The van der Waals surface area contributed by atoms with Crippen molar-refractivity contribution >= 4 is 23.1 Å². The van der Waals surface area contributed by atoms with E-state index in [1.165, 1.54) is 0 Å². The van der Waals surface area contributed by atoms with E-state index in [1.807, 2.05) is 0 Å². The maximum absolute atomic E-state index is 11.0. The van der Waals surface area contributed by atoms with Crippen LogP contribution in [0.1, 0.15) is 19.8 Å². The summed E-state index contributed by atoms with van der Waals surface area (Å²) in [5.74, 6) is -4.00. The summed E-state index contributed by atoms with van der Waals surface area (Å²) in [6, 6.07) is 0. The van der Waals surface area contributed by atoms with Gasteiger partial charge in [0.05, 0.1) is 12.3 Å². The van der Waals surface area contributed by atoms with Crippen molar-refractivity contribution in [3.05, 3.63) is 0 Å². The normalized spacial score (nSPS) is 24.9. The minimum absolute atomic E-state index is 0.302. The van der Waals surface area contributed by atoms with Crippen LogP contribution < -0.4 is 0 Å². The highest BCUT2D eigenvalue weighted by atomic mass is 16.2. The number of carbonyl (C=O) groups is 4. The third-order valence-corrected chi connectivity index (χ3v) is 1.93. The molecule has 0 amide bonds. The van der Waals surface area contributed by atoms with Gasteiger partial charge < -0.3 is 0 Å². The molecule has 64 valence electrons. The van der Waals surface area contributed by atoms with Gasteiger partial charge in [-0.05, 0) is 6.42 Å². The predicted octanol–water partition coefficient (Wildman–Crippen LogP) is -0.307. The first-order chi connectivity index (χ1) is 5.57. The monoisotopic (exact) mass is 168 g/mol. The smallest absolute Gasteiger partial charge is 0.265 e. The molecule has 0 aromatic rings. The Kier molecular flexibility index (Phi) is 2.17. The zero-order chi connectivity index (χ0) is 9.30. The van der Waals surface area contributed by atoms with Gasteiger partial charge in [0.15, 0.2) is 5.78 Å². The van der Waals surface area contributed by atoms with Crippen LogP contribution in [0, 0.1) is 5.92 Å². The summed E-state index contributed by atoms with van der Waals surface area (Å²) in [4.78, 5) is 43.5. The van der Waals surface area contributed by atoms with Crippen LogP contribution in [0.2, 0.25) is 0 Å². The Bertz CT molecular complexity index is 277. The topological polar surface area (TPSA) is 68.3 Å². The molecule has 1 unspecified atom stereocenters. The molecule has 0 spiro atoms. The lowest BCUT2D eigenvalue weighted by molar-refractivity contribution is -0.151. The van der Waals surface area contributed by atoms with Gasteiger partial charge in [0.25, 0.3) is 5.78 Å². The Balaban J connectivity index is 2.94. The van der Waals surface area contributed by atoms with Gasteiger partial charge in [-0.25, -0.2) is 0 Å². The Morgan fingerprint density at radius 3 is 2.33 bits per heavy atom. The second-order valence-corrected chi connectivity index (χ2v) is 2.72. The SMILES string of the molecule is CCC1C(=O)CC(=O)C(=O)C1=O. The van der Waals surface area contributed by atoms with Gasteiger partial charge in [-0.2, -0.15) is 0 Å². The molecule has 0 aromatic carbocycles. The number of carbonyl (C=O) groups excluding carboxylic acids is 4. The van der Waals surface area contributed by atoms with Crippen molar-refractivity contribution in [2.75, 3.05) is 0 Å². The third-order valence-electron chi connectivity index (χ3n) is 1.93. The van der Waals surface area contributed by atoms with Crippen molar-refractivity contribution in [1.82, 2.24) is 0 Å². The summed E-state index contributed by atoms with van der Waals surface area (Å²) in [5.41, 5.74) is 0. The molecule has 4 nitrogen and oxygen atoms in total. The first kappa shape index (κ1) is 8.77. The molecule has 0 bridgehead atoms. The second kappa shape index (κ2) is 2.97. The molecule has 1 aliphatic rings. The Hall–Kier alpha value is -1.32. The standard InChI is InChI=1S/C8H8O4/c1-2-4-5(9)3-6(10)8(12)7(4)11/h4H,2-3H2,1H3. The molecule has 0 heterocycles. The van der Waals surface area contributed by atoms with Crippen molar-refractivity contribution in [3.63, 3.8) is 0 Å². The van der Waals surface area contributed by atoms with E-state index >= 15 is 0 Å². The first-order valence-corrected chi connectivity index (χ1v) is 3.72. The minimum Gasteiger partial charge on any atom is -0.298 e. The third kappa shape index (κ3) is 1.20. The van der Waals surface area contributed by atoms with Crippen molar-refractivity contribution in [1.29, 1.82) is 0 Å². The van der Waals surface area contributed by atoms with E-state index in [0.29, 0.717) is 6.42 Å². The quantitative estimate of drug-likeness (QED) is 0.398. The van der Waals surface area contributed by atoms with Gasteiger partial charge in [0.2, 0.25) is 11.6 Å². The van der Waals surface area contributed by atoms with E-state index in [4.69, 9.17) is 0 Å². The number of rotatable bonds is 1. The molecule has 1 aliphatic carbocycles. The lowest BCUT2D eigenvalue weighted by Crippen LogP contribution is -2.41. The zero-order valence-corrected chi connectivity index (χ0v) is 6.62. The zero-order valence-electron chi connectivity index (χ0n) is 6.62. The van der Waals surface area contributed by atoms with Gasteiger partial charge in [-0.1, -0.05) is 6.92 Å². The first-order valence-electron chi connectivity index (χ1n) is 3.72. The van der Waals surface area contributed by atoms with Crippen LogP contribution in [-0.2, 0) is 19.2 Å². The lowest BCUT2D eigenvalue weighted by atomic mass is 9.83. The van der Waals surface area contributed by atoms with Crippen LogP contribution in [0.15, 0.2) is 0 Å². The van der Waals surface area contributed by atoms with Crippen LogP contribution in [0.4, 0.5) is 0 Å². The molecule has 0 N–H and O–H groups in total. The van der Waals surface area contributed by atoms with Crippen LogP contribution >= 0.6 is 0 Å². The predicted molar refractivity (Wildman–Crippen MR) is 38.4 cm³/mol. The van der Waals surface area contributed by atoms with E-state index in [0.717, 1.165) is 0 Å². The molecule has 4 heteroatoms. The van der Waals surface area contributed by atoms with Crippen molar-refractivity contribution in [2.45, 2.75) is 19.8 Å². The van der Waals surface area contributed by atoms with Crippen molar-refractivity contribution in [3.8, 4) is 0 Å². The van der Waals surface area contributed by atoms with Crippen LogP contribution in [0.25, 0.3) is 0 Å². The molecule has 1 atom stereocenters. The molecule has 12 heavy (non-hydrogen) atoms. The molecule has 0 radical (unpaired) electrons. The molecule has 1 rings (SSSR count). The van der Waals surface area contributed by atoms with E-state index in [9.17, 15) is 19.2 Å². The largest absolute Gasteiger partial charge is 0.298 e. The Morgan fingerprint density at radius 1 is 1.25 bits per heavy atom. The summed E-state index contributed by atoms with van der Waals surface area (Å²) >= 11 is 0. The average molecular weight is 168 g/mol. The fourth-order valence-electron chi connectivity index (χ4n) is 1.22. The van der Waals surface area contributed by atoms with E-state index in [1.54, 1.807) is 6.92 Å². The highest BCUT2D eigenvalue weighted by Gasteiger charge is 2.40. The van der Waals surface area contributed by atoms with E-state index < -0.39 is 35.5 Å². The Morgan fingerprint density at radius 2 is 1.83 bits per heavy atom. The van der Waals surface area contributed by atoms with Gasteiger partial charge in [-0.3, -0.25) is 19.2 Å². The van der Waals surface area contributed by atoms with Gasteiger partial charge >= 0.3 is 0 Å². The minimum atomic E-state index is -1.01. The number of Topliss-reactive ketones (excluding diaryl/α,β-unsaturated/α-hetero) is 4. The highest BCUT2D eigenvalue weighted by Crippen LogP contribution is 2.15. The molecule has 1 fully saturated rings. The lowest BCUT2D eigenvalue weighted by Gasteiger charge is -2.14. The van der Waals surface area contributed by atoms with Gasteiger partial charge in [-0.15, -0.1) is 0 Å². The van der Waals surface area contributed by atoms with Gasteiger partial charge in [0.1, 0.15) is 0 Å². The van der Waals surface area contributed by atoms with E-state index in [2.05, 4.69) is 0 Å². The fourth-order valence-corrected chi connectivity index (χ4v) is 1.22. The Labute approximate surface area is 68.9 Å². The number of ketones is 4. The summed E-state index contributed by atoms with van der Waals surface area (Å²) in [5, 5.41) is 0. The maximum atomic E-state index is 11.0. The van der Waals surface area contributed by atoms with E-state index in [-0.39, 0.29) is 0 Å². The van der Waals surface area contributed by atoms with Crippen LogP contribution in [-0.4, -0.2) is 23.1 Å². The van der Waals surface area contributed by atoms with Crippen LogP contribution in [0.3, 0.4) is 0 Å². The average Bonchev–Trinajstić information content (AvgIpc) is 2.01. The fraction of sp³-hybridized carbons (Fsp3) is 0.500. The van der Waals surface area contributed by atoms with Crippen molar-refractivity contribution < 1.29 is 19.2 Å². The molecular formula is C8H8O4. The van der Waals surface area contributed by atoms with Crippen molar-refractivity contribution in [2.24, 2.45) is 5.92 Å². The maximum Gasteiger partial charge on any atom is 0.265 e. The van der Waals surface area contributed by atoms with Crippen LogP contribution in [0.5, 0.6) is 0 Å². The summed E-state index contributed by atoms with van der Waals surface area (Å²) < 4.78 is 0. The molecule has 0 aliphatic heterocycles. The highest BCUT2D eigenvalue weighted by molar-refractivity contribution is 6.69. The molecular weight excluding hydrogens is 160 g/mol.